The van der Waals surface area contributed by atoms with E-state index in [4.69, 9.17) is 9.84 Å². The van der Waals surface area contributed by atoms with E-state index in [-0.39, 0.29) is 5.91 Å². The molecule has 0 saturated heterocycles. The standard InChI is InChI=1S/C12H18N2O4S/c1-8(11(15)13-4-5-18-2)14-7-9-3-6-19-10(9)12(16)17/h3,6,8,14H,4-5,7H2,1-2H3,(H,13,15)(H,16,17). The summed E-state index contributed by atoms with van der Waals surface area (Å²) in [5, 5.41) is 16.4. The average Bonchev–Trinajstić information content (AvgIpc) is 2.84. The van der Waals surface area contributed by atoms with E-state index in [1.54, 1.807) is 25.5 Å². The summed E-state index contributed by atoms with van der Waals surface area (Å²) in [4.78, 5) is 22.9. The number of rotatable bonds is 8. The molecule has 1 aromatic heterocycles. The number of methoxy groups -OCH3 is 1. The Bertz CT molecular complexity index is 433. The fourth-order valence-electron chi connectivity index (χ4n) is 1.45. The number of hydrogen-bond donors (Lipinski definition) is 3. The number of nitrogens with one attached hydrogen (secondary N) is 2. The molecule has 0 aliphatic heterocycles. The van der Waals surface area contributed by atoms with E-state index in [1.807, 2.05) is 0 Å². The number of carboxylic acid groups (broad SMARTS) is 1. The maximum Gasteiger partial charge on any atom is 0.346 e. The summed E-state index contributed by atoms with van der Waals surface area (Å²) in [6, 6.07) is 1.36. The Morgan fingerprint density at radius 1 is 1.53 bits per heavy atom. The molecule has 7 heteroatoms. The minimum absolute atomic E-state index is 0.135. The molecule has 19 heavy (non-hydrogen) atoms. The third kappa shape index (κ3) is 4.98. The summed E-state index contributed by atoms with van der Waals surface area (Å²) >= 11 is 1.18. The van der Waals surface area contributed by atoms with Crippen LogP contribution in [0.5, 0.6) is 0 Å². The number of thiophene rings is 1. The molecule has 1 heterocycles. The molecular weight excluding hydrogens is 268 g/mol. The van der Waals surface area contributed by atoms with Crippen LogP contribution in [-0.2, 0) is 16.1 Å². The van der Waals surface area contributed by atoms with Gasteiger partial charge in [0.05, 0.1) is 12.6 Å². The zero-order valence-corrected chi connectivity index (χ0v) is 11.8. The van der Waals surface area contributed by atoms with E-state index < -0.39 is 12.0 Å². The Morgan fingerprint density at radius 3 is 2.89 bits per heavy atom. The summed E-state index contributed by atoms with van der Waals surface area (Å²) in [6.45, 7) is 3.01. The van der Waals surface area contributed by atoms with Crippen LogP contribution in [0, 0.1) is 0 Å². The first-order valence-electron chi connectivity index (χ1n) is 5.86. The lowest BCUT2D eigenvalue weighted by Gasteiger charge is -2.13. The molecule has 0 saturated carbocycles. The molecule has 0 radical (unpaired) electrons. The summed E-state index contributed by atoms with van der Waals surface area (Å²) < 4.78 is 4.83. The molecule has 106 valence electrons. The van der Waals surface area contributed by atoms with E-state index in [2.05, 4.69) is 10.6 Å². The van der Waals surface area contributed by atoms with Gasteiger partial charge < -0.3 is 20.5 Å². The van der Waals surface area contributed by atoms with Gasteiger partial charge in [-0.15, -0.1) is 11.3 Å². The first-order valence-corrected chi connectivity index (χ1v) is 6.74. The zero-order chi connectivity index (χ0) is 14.3. The molecule has 0 aliphatic rings. The number of ether oxygens (including phenoxy) is 1. The fraction of sp³-hybridized carbons (Fsp3) is 0.500. The van der Waals surface area contributed by atoms with Gasteiger partial charge in [-0.1, -0.05) is 0 Å². The molecule has 1 rings (SSSR count). The van der Waals surface area contributed by atoms with Crippen molar-refractivity contribution in [1.82, 2.24) is 10.6 Å². The fourth-order valence-corrected chi connectivity index (χ4v) is 2.21. The number of carbonyl (C=O) groups excluding carboxylic acids is 1. The molecular formula is C12H18N2O4S. The predicted molar refractivity (Wildman–Crippen MR) is 72.5 cm³/mol. The van der Waals surface area contributed by atoms with Gasteiger partial charge in [-0.25, -0.2) is 4.79 Å². The van der Waals surface area contributed by atoms with Crippen molar-refractivity contribution < 1.29 is 19.4 Å². The van der Waals surface area contributed by atoms with Crippen LogP contribution >= 0.6 is 11.3 Å². The Balaban J connectivity index is 2.41. The average molecular weight is 286 g/mol. The molecule has 1 aromatic rings. The van der Waals surface area contributed by atoms with Gasteiger partial charge in [0.2, 0.25) is 5.91 Å². The Labute approximate surface area is 115 Å². The molecule has 1 amide bonds. The Kier molecular flexibility index (Phi) is 6.48. The molecule has 6 nitrogen and oxygen atoms in total. The SMILES string of the molecule is COCCNC(=O)C(C)NCc1ccsc1C(=O)O. The molecule has 1 atom stereocenters. The molecule has 0 aromatic carbocycles. The molecule has 0 spiro atoms. The second-order valence-corrected chi connectivity index (χ2v) is 4.88. The highest BCUT2D eigenvalue weighted by Gasteiger charge is 2.15. The third-order valence-corrected chi connectivity index (χ3v) is 3.48. The first kappa shape index (κ1) is 15.6. The van der Waals surface area contributed by atoms with Crippen molar-refractivity contribution in [1.29, 1.82) is 0 Å². The molecule has 0 fully saturated rings. The van der Waals surface area contributed by atoms with Crippen LogP contribution in [0.1, 0.15) is 22.2 Å². The topological polar surface area (TPSA) is 87.7 Å². The number of carbonyl (C=O) groups is 2. The maximum absolute atomic E-state index is 11.7. The van der Waals surface area contributed by atoms with Gasteiger partial charge in [-0.3, -0.25) is 4.79 Å². The van der Waals surface area contributed by atoms with Crippen molar-refractivity contribution in [3.05, 3.63) is 21.9 Å². The lowest BCUT2D eigenvalue weighted by atomic mass is 10.2. The lowest BCUT2D eigenvalue weighted by Crippen LogP contribution is -2.42. The van der Waals surface area contributed by atoms with Crippen molar-refractivity contribution in [2.45, 2.75) is 19.5 Å². The summed E-state index contributed by atoms with van der Waals surface area (Å²) in [6.07, 6.45) is 0. The third-order valence-electron chi connectivity index (χ3n) is 2.54. The van der Waals surface area contributed by atoms with Gasteiger partial charge in [0.25, 0.3) is 0 Å². The van der Waals surface area contributed by atoms with Gasteiger partial charge in [-0.05, 0) is 23.9 Å². The van der Waals surface area contributed by atoms with Crippen LogP contribution in [0.25, 0.3) is 0 Å². The van der Waals surface area contributed by atoms with Crippen LogP contribution in [0.2, 0.25) is 0 Å². The highest BCUT2D eigenvalue weighted by atomic mass is 32.1. The minimum Gasteiger partial charge on any atom is -0.477 e. The van der Waals surface area contributed by atoms with Crippen molar-refractivity contribution in [3.8, 4) is 0 Å². The van der Waals surface area contributed by atoms with E-state index in [0.717, 1.165) is 0 Å². The van der Waals surface area contributed by atoms with Crippen LogP contribution in [0.3, 0.4) is 0 Å². The molecule has 0 aliphatic carbocycles. The van der Waals surface area contributed by atoms with Gasteiger partial charge in [-0.2, -0.15) is 0 Å². The van der Waals surface area contributed by atoms with E-state index >= 15 is 0 Å². The quantitative estimate of drug-likeness (QED) is 0.612. The zero-order valence-electron chi connectivity index (χ0n) is 10.9. The van der Waals surface area contributed by atoms with Gasteiger partial charge in [0.1, 0.15) is 4.88 Å². The predicted octanol–water partition coefficient (Wildman–Crippen LogP) is 0.687. The lowest BCUT2D eigenvalue weighted by molar-refractivity contribution is -0.122. The molecule has 1 unspecified atom stereocenters. The summed E-state index contributed by atoms with van der Waals surface area (Å²) in [7, 11) is 1.57. The highest BCUT2D eigenvalue weighted by Crippen LogP contribution is 2.16. The van der Waals surface area contributed by atoms with Gasteiger partial charge >= 0.3 is 5.97 Å². The second-order valence-electron chi connectivity index (χ2n) is 3.97. The van der Waals surface area contributed by atoms with Crippen LogP contribution in [-0.4, -0.2) is 43.3 Å². The van der Waals surface area contributed by atoms with E-state index in [9.17, 15) is 9.59 Å². The Morgan fingerprint density at radius 2 is 2.26 bits per heavy atom. The number of hydrogen-bond acceptors (Lipinski definition) is 5. The Hall–Kier alpha value is -1.44. The maximum atomic E-state index is 11.7. The van der Waals surface area contributed by atoms with E-state index in [1.165, 1.54) is 11.3 Å². The van der Waals surface area contributed by atoms with E-state index in [0.29, 0.717) is 30.1 Å². The highest BCUT2D eigenvalue weighted by molar-refractivity contribution is 7.12. The molecule has 0 bridgehead atoms. The largest absolute Gasteiger partial charge is 0.477 e. The normalized spacial score (nSPS) is 12.1. The number of amides is 1. The van der Waals surface area contributed by atoms with Gasteiger partial charge in [0, 0.05) is 20.2 Å². The first-order chi connectivity index (χ1) is 9.06. The van der Waals surface area contributed by atoms with Crippen molar-refractivity contribution in [2.75, 3.05) is 20.3 Å². The van der Waals surface area contributed by atoms with Crippen molar-refractivity contribution >= 4 is 23.2 Å². The second kappa shape index (κ2) is 7.88. The van der Waals surface area contributed by atoms with Gasteiger partial charge in [0.15, 0.2) is 0 Å². The minimum atomic E-state index is -0.941. The summed E-state index contributed by atoms with van der Waals surface area (Å²) in [5.74, 6) is -1.08. The molecule has 3 N–H and O–H groups in total. The monoisotopic (exact) mass is 286 g/mol. The van der Waals surface area contributed by atoms with Crippen LogP contribution in [0.15, 0.2) is 11.4 Å². The number of aromatic carboxylic acids is 1. The van der Waals surface area contributed by atoms with Crippen molar-refractivity contribution in [3.63, 3.8) is 0 Å². The van der Waals surface area contributed by atoms with Crippen LogP contribution < -0.4 is 10.6 Å². The van der Waals surface area contributed by atoms with Crippen molar-refractivity contribution in [2.24, 2.45) is 0 Å². The number of carboxylic acids is 1. The van der Waals surface area contributed by atoms with Crippen LogP contribution in [0.4, 0.5) is 0 Å². The smallest absolute Gasteiger partial charge is 0.346 e. The summed E-state index contributed by atoms with van der Waals surface area (Å²) in [5.41, 5.74) is 0.689.